The SMILES string of the molecule is COc1cc2cc(c1Cl)N(C)C(=O)C[C@H](OC(=O)[C@H](C)N(C)C(=O)CCSSC[C@@H](NC(=O)[C@@H]1CSSC[C@H](NC(=O)[C@@H](Cc3ccccc3)NC(=O)C(F)(F)F)C(=O)N[C@@H](Cc3ccc(O)cc3)C(=O)N[C@H](Cc3c[nH]c4ccccc34)C(=O)N[C@@H](CCCCN)C(=O)N[C@@H]([C@@H](C)O)C(=O)N1)C(N)=O)[C@]1(C)O[C@H]1[C@H](C)[C@@H]1C[C@@](O)(NC(=O)O1)[C@H](OC)/C=C\C=C(\C)C2. The summed E-state index contributed by atoms with van der Waals surface area (Å²) in [7, 11) is 9.12. The Morgan fingerprint density at radius 3 is 2.16 bits per heavy atom. The molecule has 0 radical (unpaired) electrons. The number of phenolic OH excluding ortho intramolecular Hbond substituents is 1. The number of carbonyl (C=O) groups is 13. The number of alkyl carbamates (subject to hydrolysis) is 1. The van der Waals surface area contributed by atoms with E-state index in [-0.39, 0.29) is 84.3 Å². The minimum absolute atomic E-state index is 0.00986. The number of para-hydroxylation sites is 1. The number of amides is 12. The molecule has 0 spiro atoms. The fourth-order valence-electron chi connectivity index (χ4n) is 14.6. The van der Waals surface area contributed by atoms with Crippen molar-refractivity contribution in [1.29, 1.82) is 0 Å². The number of nitrogens with one attached hydrogen (secondary N) is 10. The van der Waals surface area contributed by atoms with Crippen LogP contribution in [-0.4, -0.2) is 263 Å². The van der Waals surface area contributed by atoms with Crippen LogP contribution in [0.1, 0.15) is 95.4 Å². The lowest BCUT2D eigenvalue weighted by Crippen LogP contribution is -2.63. The molecule has 5 heterocycles. The Labute approximate surface area is 757 Å². The molecule has 17 atom stereocenters. The number of primary amides is 1. The van der Waals surface area contributed by atoms with E-state index in [2.05, 4.69) is 47.5 Å². The van der Waals surface area contributed by atoms with Gasteiger partial charge in [-0.3, -0.25) is 58.1 Å². The minimum atomic E-state index is -5.50. The van der Waals surface area contributed by atoms with Crippen LogP contribution in [0, 0.1) is 5.92 Å². The molecule has 0 saturated carbocycles. The van der Waals surface area contributed by atoms with Crippen molar-refractivity contribution in [3.8, 4) is 11.5 Å². The Morgan fingerprint density at radius 1 is 0.828 bits per heavy atom. The van der Waals surface area contributed by atoms with Crippen LogP contribution in [0.5, 0.6) is 11.5 Å². The van der Waals surface area contributed by atoms with Crippen molar-refractivity contribution in [3.63, 3.8) is 0 Å². The number of anilines is 1. The van der Waals surface area contributed by atoms with Gasteiger partial charge in [0, 0.05) is 99.3 Å². The Hall–Kier alpha value is -10.3. The molecule has 4 bridgehead atoms. The van der Waals surface area contributed by atoms with Crippen LogP contribution < -0.4 is 69.0 Å². The summed E-state index contributed by atoms with van der Waals surface area (Å²) in [6.07, 6.45) is -7.28. The lowest BCUT2D eigenvalue weighted by molar-refractivity contribution is -0.174. The van der Waals surface area contributed by atoms with Crippen molar-refractivity contribution in [2.75, 3.05) is 62.8 Å². The maximum absolute atomic E-state index is 15.1. The number of allylic oxidation sites excluding steroid dienone is 3. The lowest BCUT2D eigenvalue weighted by Gasteiger charge is -2.42. The molecule has 0 aliphatic carbocycles. The van der Waals surface area contributed by atoms with E-state index in [4.69, 9.17) is 46.8 Å². The molecule has 696 valence electrons. The summed E-state index contributed by atoms with van der Waals surface area (Å²) in [5.74, 6) is -15.5. The van der Waals surface area contributed by atoms with Crippen molar-refractivity contribution in [2.24, 2.45) is 17.4 Å². The molecule has 43 heteroatoms. The van der Waals surface area contributed by atoms with Crippen molar-refractivity contribution in [3.05, 3.63) is 148 Å². The number of carbonyl (C=O) groups excluding carboxylic acids is 13. The van der Waals surface area contributed by atoms with Gasteiger partial charge in [0.2, 0.25) is 59.1 Å². The third-order valence-electron chi connectivity index (χ3n) is 22.3. The number of esters is 1. The molecule has 5 aromatic rings. The van der Waals surface area contributed by atoms with E-state index in [9.17, 15) is 76.4 Å². The number of hydrogen-bond acceptors (Lipinski definition) is 26. The number of phenols is 1. The second-order valence-electron chi connectivity index (χ2n) is 31.8. The number of nitrogens with two attached hydrogens (primary N) is 2. The average molecular weight is 1880 g/mol. The molecule has 4 aromatic carbocycles. The van der Waals surface area contributed by atoms with Gasteiger partial charge in [0.05, 0.1) is 31.4 Å². The minimum Gasteiger partial charge on any atom is -0.508 e. The summed E-state index contributed by atoms with van der Waals surface area (Å²) in [6.45, 7) is 7.86. The summed E-state index contributed by atoms with van der Waals surface area (Å²) in [5, 5.41) is 56.4. The zero-order valence-electron chi connectivity index (χ0n) is 71.6. The number of nitrogens with zero attached hydrogens (tertiary/aromatic N) is 2. The predicted molar refractivity (Wildman–Crippen MR) is 475 cm³/mol. The number of alkyl halides is 3. The van der Waals surface area contributed by atoms with Crippen LogP contribution in [-0.2, 0) is 102 Å². The molecule has 0 unspecified atom stereocenters. The fraction of sp³-hybridized carbons (Fsp3) is 0.494. The molecule has 4 aliphatic heterocycles. The highest BCUT2D eigenvalue weighted by atomic mass is 35.5. The molecule has 35 nitrogen and oxygen atoms in total. The number of benzene rings is 4. The number of aliphatic hydroxyl groups excluding tert-OH is 1. The third kappa shape index (κ3) is 27.6. The first-order valence-corrected chi connectivity index (χ1v) is 46.4. The van der Waals surface area contributed by atoms with Gasteiger partial charge < -0.3 is 108 Å². The number of halogens is 4. The van der Waals surface area contributed by atoms with E-state index in [1.54, 1.807) is 86.1 Å². The predicted octanol–water partition coefficient (Wildman–Crippen LogP) is 4.03. The molecular weight excluding hydrogens is 1770 g/mol. The molecule has 3 saturated heterocycles. The first kappa shape index (κ1) is 101. The summed E-state index contributed by atoms with van der Waals surface area (Å²) in [5.41, 5.74) is 11.9. The number of rotatable bonds is 28. The average Bonchev–Trinajstić information content (AvgIpc) is 1.57. The van der Waals surface area contributed by atoms with Gasteiger partial charge in [0.1, 0.15) is 94.8 Å². The van der Waals surface area contributed by atoms with E-state index in [1.807, 2.05) is 6.92 Å². The fourth-order valence-corrected chi connectivity index (χ4v) is 19.4. The first-order valence-electron chi connectivity index (χ1n) is 41.0. The lowest BCUT2D eigenvalue weighted by atomic mass is 9.83. The number of H-pyrrole nitrogens is 1. The first-order chi connectivity index (χ1) is 60.6. The number of methoxy groups -OCH3 is 2. The van der Waals surface area contributed by atoms with E-state index in [0.29, 0.717) is 40.4 Å². The van der Waals surface area contributed by atoms with Crippen molar-refractivity contribution >= 4 is 148 Å². The number of fused-ring (bicyclic) bond motifs is 6. The van der Waals surface area contributed by atoms with Gasteiger partial charge in [-0.2, -0.15) is 13.2 Å². The number of aromatic hydroxyl groups is 1. The highest BCUT2D eigenvalue weighted by Crippen LogP contribution is 2.50. The van der Waals surface area contributed by atoms with E-state index in [0.717, 1.165) is 60.6 Å². The summed E-state index contributed by atoms with van der Waals surface area (Å²) in [6, 6.07) is 8.15. The molecule has 17 N–H and O–H groups in total. The Balaban J connectivity index is 0.938. The van der Waals surface area contributed by atoms with Crippen LogP contribution in [0.25, 0.3) is 10.9 Å². The van der Waals surface area contributed by atoms with Gasteiger partial charge in [0.15, 0.2) is 5.72 Å². The Morgan fingerprint density at radius 2 is 1.49 bits per heavy atom. The summed E-state index contributed by atoms with van der Waals surface area (Å²) >= 11 is 6.88. The number of ether oxygens (including phenoxy) is 5. The zero-order chi connectivity index (χ0) is 93.6. The van der Waals surface area contributed by atoms with Crippen LogP contribution >= 0.6 is 54.8 Å². The van der Waals surface area contributed by atoms with E-state index >= 15 is 14.4 Å². The van der Waals surface area contributed by atoms with Crippen molar-refractivity contribution < 1.29 is 115 Å². The molecule has 4 aliphatic rings. The smallest absolute Gasteiger partial charge is 0.471 e. The van der Waals surface area contributed by atoms with Gasteiger partial charge in [-0.1, -0.05) is 146 Å². The van der Waals surface area contributed by atoms with Crippen LogP contribution in [0.15, 0.2) is 121 Å². The maximum Gasteiger partial charge on any atom is 0.471 e. The van der Waals surface area contributed by atoms with E-state index in [1.165, 1.54) is 88.7 Å². The molecule has 9 rings (SSSR count). The largest absolute Gasteiger partial charge is 0.508 e. The molecule has 3 fully saturated rings. The highest BCUT2D eigenvalue weighted by molar-refractivity contribution is 8.77. The Bertz CT molecular complexity index is 4890. The molecule has 12 amide bonds. The van der Waals surface area contributed by atoms with Gasteiger partial charge >= 0.3 is 24.1 Å². The summed E-state index contributed by atoms with van der Waals surface area (Å²) < 4.78 is 71.7. The number of aromatic nitrogens is 1. The van der Waals surface area contributed by atoms with Gasteiger partial charge in [-0.15, -0.1) is 0 Å². The Kier molecular flexibility index (Phi) is 36.7. The standard InChI is InChI=1S/C85H108ClF3N14O21S4/c1-44-18-17-24-65(121-9)84(119)39-64(122-82(118)101-84)45(2)71-83(5,124-71)66(38-68(107)103(7)62-35-50(32-44)36-63(120-8)69(62)86)123-80(116)46(3)102(6)67(106)29-31-125-126-41-59(72(91)108)96-78(114)61-43-128-127-42-60(97-75(111)57(99-81(117)85(87,88)89)33-48-19-11-10-12-20-48)77(113)94-56(34-49-25-27-52(105)28-26-49)74(110)95-58(37-51-40-92-54-22-14-13-21-53(51)54)76(112)93-55(23-15-16-30-90)73(109)100-70(47(4)104)79(115)98-61/h10-14,17-22,24-28,35-36,40,45-47,55-61,64-66,70-71,92,104-105,119H,15-16,23,29-34,37-39,41-43,90H2,1-9H3,(H2,91,108)(H,93,112)(H,94,113)(H,95,110)(H,96,114)(H,97,111)(H,98,115)(H,99,117)(H,100,109)(H,101,118)/b24-17-,44-18-/t45-,46+,47-,55+,56+,57-,58-,59-,60+,61+,64+,65-,66+,70+,71+,83+,84+/m1/s1. The number of hydrogen-bond donors (Lipinski definition) is 15. The van der Waals surface area contributed by atoms with Crippen LogP contribution in [0.3, 0.4) is 0 Å². The normalized spacial score (nSPS) is 25.9. The number of unbranched alkanes of at least 4 members (excludes halogenated alkanes) is 1. The molecule has 1 aromatic heterocycles. The molecular formula is C85H108ClF3N14O21S4. The highest BCUT2D eigenvalue weighted by Gasteiger charge is 2.65. The quantitative estimate of drug-likeness (QED) is 0.0145. The topological polar surface area (TPSA) is 515 Å². The van der Waals surface area contributed by atoms with Crippen LogP contribution in [0.4, 0.5) is 23.7 Å². The number of epoxide rings is 1. The zero-order valence-corrected chi connectivity index (χ0v) is 75.6. The number of aliphatic hydroxyl groups is 2. The van der Waals surface area contributed by atoms with Gasteiger partial charge in [-0.05, 0) is 113 Å². The maximum atomic E-state index is 15.1. The third-order valence-corrected chi connectivity index (χ3v) is 27.5. The van der Waals surface area contributed by atoms with Gasteiger partial charge in [0.25, 0.3) is 0 Å². The number of aromatic amines is 1. The van der Waals surface area contributed by atoms with E-state index < -0.39 is 210 Å². The number of likely N-dealkylation sites (N-methyl/N-ethyl adjacent to an activating group) is 1. The second kappa shape index (κ2) is 46.3. The monoisotopic (exact) mass is 1880 g/mol. The van der Waals surface area contributed by atoms with Crippen molar-refractivity contribution in [1.82, 2.24) is 57.7 Å². The second-order valence-corrected chi connectivity index (χ2v) is 37.3. The van der Waals surface area contributed by atoms with Gasteiger partial charge in [-0.25, -0.2) is 9.59 Å². The molecule has 128 heavy (non-hydrogen) atoms. The van der Waals surface area contributed by atoms with Crippen molar-refractivity contribution in [2.45, 2.75) is 201 Å². The summed E-state index contributed by atoms with van der Waals surface area (Å²) in [4.78, 5) is 192. The van der Waals surface area contributed by atoms with Crippen LogP contribution in [0.2, 0.25) is 5.02 Å².